The van der Waals surface area contributed by atoms with Crippen LogP contribution in [0.1, 0.15) is 0 Å². The summed E-state index contributed by atoms with van der Waals surface area (Å²) < 4.78 is 24.0. The molecule has 0 spiro atoms. The lowest BCUT2D eigenvalue weighted by Gasteiger charge is -2.12. The van der Waals surface area contributed by atoms with Gasteiger partial charge in [0.15, 0.2) is 0 Å². The van der Waals surface area contributed by atoms with Crippen LogP contribution in [0.3, 0.4) is 0 Å². The summed E-state index contributed by atoms with van der Waals surface area (Å²) >= 11 is 0. The number of hydrogen-bond acceptors (Lipinski definition) is 4. The van der Waals surface area contributed by atoms with Crippen molar-refractivity contribution in [2.45, 2.75) is 4.90 Å². The maximum absolute atomic E-state index is 12.3. The molecule has 3 N–H and O–H groups in total. The van der Waals surface area contributed by atoms with Crippen LogP contribution >= 0.6 is 0 Å². The lowest BCUT2D eigenvalue weighted by Crippen LogP contribution is -2.29. The normalized spacial score (nSPS) is 11.4. The summed E-state index contributed by atoms with van der Waals surface area (Å²) in [5.74, 6) is 0. The van der Waals surface area contributed by atoms with Crippen LogP contribution in [-0.2, 0) is 10.0 Å². The van der Waals surface area contributed by atoms with Gasteiger partial charge in [-0.3, -0.25) is 14.3 Å². The highest BCUT2D eigenvalue weighted by Crippen LogP contribution is 2.20. The van der Waals surface area contributed by atoms with Gasteiger partial charge >= 0.3 is 5.69 Å². The first-order valence-electron chi connectivity index (χ1n) is 6.91. The fraction of sp³-hybridized carbons (Fsp3) is 0. The van der Waals surface area contributed by atoms with E-state index in [1.54, 1.807) is 24.3 Å². The second-order valence-electron chi connectivity index (χ2n) is 5.06. The number of nitrogens with two attached hydrogens (primary N) is 1. The van der Waals surface area contributed by atoms with E-state index in [9.17, 15) is 18.0 Å². The van der Waals surface area contributed by atoms with Crippen LogP contribution in [0.15, 0.2) is 75.1 Å². The molecular formula is C16H13N3O4S. The van der Waals surface area contributed by atoms with Gasteiger partial charge in [0, 0.05) is 6.07 Å². The summed E-state index contributed by atoms with van der Waals surface area (Å²) in [6.45, 7) is 0. The maximum atomic E-state index is 12.3. The Hall–Kier alpha value is -2.97. The van der Waals surface area contributed by atoms with Gasteiger partial charge in [-0.15, -0.1) is 0 Å². The van der Waals surface area contributed by atoms with Crippen molar-refractivity contribution in [3.05, 3.63) is 81.5 Å². The largest absolute Gasteiger partial charge is 0.333 e. The van der Waals surface area contributed by atoms with E-state index in [1.165, 1.54) is 34.9 Å². The first-order valence-corrected chi connectivity index (χ1v) is 8.46. The molecule has 0 amide bonds. The molecule has 122 valence electrons. The molecule has 7 nitrogen and oxygen atoms in total. The van der Waals surface area contributed by atoms with Gasteiger partial charge in [0.2, 0.25) is 10.0 Å². The molecule has 1 heterocycles. The fourth-order valence-electron chi connectivity index (χ4n) is 2.36. The molecule has 0 fully saturated rings. The molecule has 3 rings (SSSR count). The summed E-state index contributed by atoms with van der Waals surface area (Å²) in [5, 5.41) is 5.07. The number of H-pyrrole nitrogens is 1. The number of nitrogens with zero attached hydrogens (tertiary/aromatic N) is 1. The Morgan fingerprint density at radius 1 is 0.917 bits per heavy atom. The van der Waals surface area contributed by atoms with Crippen molar-refractivity contribution in [3.8, 4) is 16.9 Å². The van der Waals surface area contributed by atoms with Crippen molar-refractivity contribution < 1.29 is 8.42 Å². The Balaban J connectivity index is 2.25. The third kappa shape index (κ3) is 3.05. The van der Waals surface area contributed by atoms with E-state index in [0.717, 1.165) is 0 Å². The molecule has 24 heavy (non-hydrogen) atoms. The number of rotatable bonds is 3. The molecule has 1 aromatic heterocycles. The summed E-state index contributed by atoms with van der Waals surface area (Å²) in [4.78, 5) is 26.1. The van der Waals surface area contributed by atoms with E-state index >= 15 is 0 Å². The summed E-state index contributed by atoms with van der Waals surface area (Å²) in [7, 11) is -3.83. The van der Waals surface area contributed by atoms with Crippen molar-refractivity contribution in [2.24, 2.45) is 5.14 Å². The van der Waals surface area contributed by atoms with Crippen molar-refractivity contribution >= 4 is 10.0 Å². The van der Waals surface area contributed by atoms with Gasteiger partial charge < -0.3 is 0 Å². The summed E-state index contributed by atoms with van der Waals surface area (Å²) in [6.07, 6.45) is 0. The van der Waals surface area contributed by atoms with Crippen LogP contribution in [-0.4, -0.2) is 18.0 Å². The smallest absolute Gasteiger partial charge is 0.274 e. The minimum absolute atomic E-state index is 0.0648. The third-order valence-corrected chi connectivity index (χ3v) is 4.36. The van der Waals surface area contributed by atoms with Gasteiger partial charge in [0.1, 0.15) is 0 Å². The van der Waals surface area contributed by atoms with Gasteiger partial charge in [-0.2, -0.15) is 0 Å². The molecule has 3 aromatic rings. The van der Waals surface area contributed by atoms with Crippen LogP contribution in [0.5, 0.6) is 0 Å². The SMILES string of the molecule is NS(=O)(=O)c1ccc(-n2c(-c3ccccc3)cc(=O)[nH]c2=O)cc1. The summed E-state index contributed by atoms with van der Waals surface area (Å²) in [6, 6.07) is 15.7. The van der Waals surface area contributed by atoms with Crippen LogP contribution in [0.2, 0.25) is 0 Å². The Morgan fingerprint density at radius 3 is 2.12 bits per heavy atom. The van der Waals surface area contributed by atoms with E-state index < -0.39 is 21.3 Å². The first kappa shape index (κ1) is 15.9. The highest BCUT2D eigenvalue weighted by atomic mass is 32.2. The van der Waals surface area contributed by atoms with Crippen LogP contribution in [0, 0.1) is 0 Å². The second-order valence-corrected chi connectivity index (χ2v) is 6.63. The lowest BCUT2D eigenvalue weighted by atomic mass is 10.1. The molecule has 0 bridgehead atoms. The van der Waals surface area contributed by atoms with Gasteiger partial charge in [-0.25, -0.2) is 18.4 Å². The van der Waals surface area contributed by atoms with Gasteiger partial charge in [-0.1, -0.05) is 30.3 Å². The van der Waals surface area contributed by atoms with Gasteiger partial charge in [-0.05, 0) is 29.8 Å². The maximum Gasteiger partial charge on any atom is 0.333 e. The molecule has 0 saturated carbocycles. The van der Waals surface area contributed by atoms with Crippen LogP contribution in [0.25, 0.3) is 16.9 Å². The topological polar surface area (TPSA) is 115 Å². The average Bonchev–Trinajstić information content (AvgIpc) is 2.54. The molecule has 0 aliphatic carbocycles. The Labute approximate surface area is 137 Å². The number of sulfonamides is 1. The zero-order valence-corrected chi connectivity index (χ0v) is 13.2. The monoisotopic (exact) mass is 343 g/mol. The highest BCUT2D eigenvalue weighted by Gasteiger charge is 2.12. The van der Waals surface area contributed by atoms with Crippen LogP contribution in [0.4, 0.5) is 0 Å². The van der Waals surface area contributed by atoms with E-state index in [0.29, 0.717) is 16.9 Å². The molecule has 0 aliphatic heterocycles. The molecule has 0 unspecified atom stereocenters. The molecule has 0 aliphatic rings. The average molecular weight is 343 g/mol. The van der Waals surface area contributed by atoms with Crippen molar-refractivity contribution in [1.82, 2.24) is 9.55 Å². The summed E-state index contributed by atoms with van der Waals surface area (Å²) in [5.41, 5.74) is 0.340. The van der Waals surface area contributed by atoms with Gasteiger partial charge in [0.25, 0.3) is 5.56 Å². The van der Waals surface area contributed by atoms with E-state index in [2.05, 4.69) is 4.98 Å². The molecule has 0 atom stereocenters. The van der Waals surface area contributed by atoms with E-state index in [1.807, 2.05) is 6.07 Å². The number of aromatic nitrogens is 2. The van der Waals surface area contributed by atoms with Crippen LogP contribution < -0.4 is 16.4 Å². The zero-order chi connectivity index (χ0) is 17.3. The number of nitrogens with one attached hydrogen (secondary N) is 1. The van der Waals surface area contributed by atoms with Crippen molar-refractivity contribution in [3.63, 3.8) is 0 Å². The number of primary sulfonamides is 1. The predicted octanol–water partition coefficient (Wildman–Crippen LogP) is 0.840. The zero-order valence-electron chi connectivity index (χ0n) is 12.3. The van der Waals surface area contributed by atoms with Crippen molar-refractivity contribution in [2.75, 3.05) is 0 Å². The fourth-order valence-corrected chi connectivity index (χ4v) is 2.87. The quantitative estimate of drug-likeness (QED) is 0.733. The van der Waals surface area contributed by atoms with E-state index in [-0.39, 0.29) is 4.90 Å². The van der Waals surface area contributed by atoms with Crippen molar-refractivity contribution in [1.29, 1.82) is 0 Å². The first-order chi connectivity index (χ1) is 11.4. The second kappa shape index (κ2) is 5.91. The molecule has 2 aromatic carbocycles. The Kier molecular flexibility index (Phi) is 3.92. The molecular weight excluding hydrogens is 330 g/mol. The van der Waals surface area contributed by atoms with Gasteiger partial charge in [0.05, 0.1) is 16.3 Å². The number of hydrogen-bond donors (Lipinski definition) is 2. The molecule has 8 heteroatoms. The molecule has 0 radical (unpaired) electrons. The lowest BCUT2D eigenvalue weighted by molar-refractivity contribution is 0.598. The molecule has 0 saturated heterocycles. The Morgan fingerprint density at radius 2 is 1.54 bits per heavy atom. The number of benzene rings is 2. The minimum atomic E-state index is -3.83. The standard InChI is InChI=1S/C16H13N3O4S/c17-24(22,23)13-8-6-12(7-9-13)19-14(10-15(20)18-16(19)21)11-4-2-1-3-5-11/h1-10H,(H2,17,22,23)(H,18,20,21). The predicted molar refractivity (Wildman–Crippen MR) is 89.5 cm³/mol. The highest BCUT2D eigenvalue weighted by molar-refractivity contribution is 7.89. The van der Waals surface area contributed by atoms with E-state index in [4.69, 9.17) is 5.14 Å². The minimum Gasteiger partial charge on any atom is -0.274 e. The number of aromatic amines is 1. The Bertz CT molecular complexity index is 1100. The third-order valence-electron chi connectivity index (χ3n) is 3.43.